The van der Waals surface area contributed by atoms with E-state index in [1.165, 1.54) is 12.1 Å². The van der Waals surface area contributed by atoms with Crippen molar-refractivity contribution in [3.63, 3.8) is 0 Å². The number of hydrogen-bond donors (Lipinski definition) is 1. The van der Waals surface area contributed by atoms with E-state index in [-0.39, 0.29) is 11.9 Å². The summed E-state index contributed by atoms with van der Waals surface area (Å²) in [7, 11) is 0. The van der Waals surface area contributed by atoms with Crippen LogP contribution in [-0.2, 0) is 6.42 Å². The largest absolute Gasteiger partial charge is 0.326 e. The summed E-state index contributed by atoms with van der Waals surface area (Å²) in [6, 6.07) is 12.0. The summed E-state index contributed by atoms with van der Waals surface area (Å²) < 4.78 is 13.5. The van der Waals surface area contributed by atoms with Gasteiger partial charge in [-0.05, 0) is 48.7 Å². The zero-order chi connectivity index (χ0) is 15.0. The third-order valence-corrected chi connectivity index (χ3v) is 3.72. The zero-order valence-corrected chi connectivity index (χ0v) is 11.8. The lowest BCUT2D eigenvalue weighted by Gasteiger charge is -2.33. The number of para-hydroxylation sites is 1. The smallest absolute Gasteiger partial charge is 0.258 e. The van der Waals surface area contributed by atoms with Crippen molar-refractivity contribution in [3.8, 4) is 0 Å². The van der Waals surface area contributed by atoms with Gasteiger partial charge in [0.25, 0.3) is 5.91 Å². The first kappa shape index (κ1) is 13.8. The number of anilines is 1. The van der Waals surface area contributed by atoms with E-state index in [2.05, 4.69) is 0 Å². The molecule has 0 aromatic heterocycles. The highest BCUT2D eigenvalue weighted by Gasteiger charge is 2.27. The molecule has 0 spiro atoms. The number of benzene rings is 2. The van der Waals surface area contributed by atoms with Crippen LogP contribution in [0.25, 0.3) is 0 Å². The van der Waals surface area contributed by atoms with E-state index in [0.717, 1.165) is 23.2 Å². The minimum atomic E-state index is -0.395. The van der Waals surface area contributed by atoms with Crippen LogP contribution in [0.1, 0.15) is 21.5 Å². The quantitative estimate of drug-likeness (QED) is 0.875. The molecule has 21 heavy (non-hydrogen) atoms. The summed E-state index contributed by atoms with van der Waals surface area (Å²) in [5, 5.41) is 0. The molecule has 3 rings (SSSR count). The number of carbonyl (C=O) groups excluding carboxylic acids is 1. The van der Waals surface area contributed by atoms with Gasteiger partial charge in [0, 0.05) is 23.8 Å². The second-order valence-corrected chi connectivity index (χ2v) is 5.53. The summed E-state index contributed by atoms with van der Waals surface area (Å²) in [4.78, 5) is 14.4. The Kier molecular flexibility index (Phi) is 3.47. The highest BCUT2D eigenvalue weighted by Crippen LogP contribution is 2.28. The number of hydrogen-bond acceptors (Lipinski definition) is 2. The van der Waals surface area contributed by atoms with Crippen LogP contribution in [0.15, 0.2) is 42.5 Å². The third kappa shape index (κ3) is 2.67. The first-order chi connectivity index (χ1) is 10.0. The van der Waals surface area contributed by atoms with Gasteiger partial charge in [0.05, 0.1) is 0 Å². The molecule has 0 saturated heterocycles. The fourth-order valence-corrected chi connectivity index (χ4v) is 2.83. The highest BCUT2D eigenvalue weighted by atomic mass is 19.1. The molecule has 0 radical (unpaired) electrons. The molecule has 1 unspecified atom stereocenters. The molecule has 1 amide bonds. The first-order valence-electron chi connectivity index (χ1n) is 6.97. The molecule has 108 valence electrons. The number of fused-ring (bicyclic) bond motifs is 1. The van der Waals surface area contributed by atoms with Crippen molar-refractivity contribution < 1.29 is 9.18 Å². The Bertz CT molecular complexity index is 679. The number of rotatable bonds is 1. The lowest BCUT2D eigenvalue weighted by atomic mass is 9.97. The lowest BCUT2D eigenvalue weighted by Crippen LogP contribution is -2.46. The van der Waals surface area contributed by atoms with Crippen LogP contribution in [0.4, 0.5) is 10.1 Å². The third-order valence-electron chi connectivity index (χ3n) is 3.72. The van der Waals surface area contributed by atoms with E-state index >= 15 is 0 Å². The van der Waals surface area contributed by atoms with Crippen molar-refractivity contribution in [1.29, 1.82) is 0 Å². The summed E-state index contributed by atoms with van der Waals surface area (Å²) in [5.41, 5.74) is 9.06. The second-order valence-electron chi connectivity index (χ2n) is 5.53. The molecule has 0 fully saturated rings. The van der Waals surface area contributed by atoms with Gasteiger partial charge in [-0.1, -0.05) is 18.2 Å². The molecule has 0 aliphatic carbocycles. The number of halogens is 1. The van der Waals surface area contributed by atoms with Gasteiger partial charge in [0.15, 0.2) is 0 Å². The van der Waals surface area contributed by atoms with Gasteiger partial charge in [0.1, 0.15) is 5.82 Å². The maximum Gasteiger partial charge on any atom is 0.258 e. The van der Waals surface area contributed by atoms with Crippen molar-refractivity contribution in [2.24, 2.45) is 5.73 Å². The van der Waals surface area contributed by atoms with E-state index < -0.39 is 5.82 Å². The standard InChI is InChI=1S/C17H17FN2O/c1-11-6-13(8-14(18)7-11)17(21)20-10-15(19)9-12-4-2-3-5-16(12)20/h2-8,15H,9-10,19H2,1H3. The number of aryl methyl sites for hydroxylation is 1. The second kappa shape index (κ2) is 5.30. The first-order valence-corrected chi connectivity index (χ1v) is 6.97. The number of nitrogens with zero attached hydrogens (tertiary/aromatic N) is 1. The minimum Gasteiger partial charge on any atom is -0.326 e. The van der Waals surface area contributed by atoms with Crippen molar-refractivity contribution in [1.82, 2.24) is 0 Å². The number of carbonyl (C=O) groups is 1. The van der Waals surface area contributed by atoms with Crippen LogP contribution in [0.3, 0.4) is 0 Å². The van der Waals surface area contributed by atoms with Crippen LogP contribution in [0.2, 0.25) is 0 Å². The molecule has 2 aromatic rings. The number of nitrogens with two attached hydrogens (primary N) is 1. The Balaban J connectivity index is 2.02. The van der Waals surface area contributed by atoms with Crippen molar-refractivity contribution in [2.75, 3.05) is 11.4 Å². The molecule has 3 nitrogen and oxygen atoms in total. The van der Waals surface area contributed by atoms with E-state index in [9.17, 15) is 9.18 Å². The van der Waals surface area contributed by atoms with Gasteiger partial charge >= 0.3 is 0 Å². The van der Waals surface area contributed by atoms with Crippen LogP contribution in [0.5, 0.6) is 0 Å². The normalized spacial score (nSPS) is 17.5. The number of amides is 1. The van der Waals surface area contributed by atoms with Crippen LogP contribution in [-0.4, -0.2) is 18.5 Å². The van der Waals surface area contributed by atoms with E-state index in [1.807, 2.05) is 24.3 Å². The van der Waals surface area contributed by atoms with Gasteiger partial charge < -0.3 is 10.6 Å². The average Bonchev–Trinajstić information content (AvgIpc) is 2.44. The molecule has 2 N–H and O–H groups in total. The van der Waals surface area contributed by atoms with Crippen molar-refractivity contribution in [3.05, 3.63) is 65.0 Å². The molecule has 2 aromatic carbocycles. The van der Waals surface area contributed by atoms with Crippen molar-refractivity contribution >= 4 is 11.6 Å². The molecule has 4 heteroatoms. The van der Waals surface area contributed by atoms with Gasteiger partial charge in [-0.3, -0.25) is 4.79 Å². The van der Waals surface area contributed by atoms with Crippen molar-refractivity contribution in [2.45, 2.75) is 19.4 Å². The Morgan fingerprint density at radius 1 is 1.29 bits per heavy atom. The maximum absolute atomic E-state index is 13.5. The minimum absolute atomic E-state index is 0.0986. The molecular formula is C17H17FN2O. The lowest BCUT2D eigenvalue weighted by molar-refractivity contribution is 0.0983. The Morgan fingerprint density at radius 3 is 2.81 bits per heavy atom. The summed E-state index contributed by atoms with van der Waals surface area (Å²) in [5.74, 6) is -0.604. The molecule has 0 saturated carbocycles. The fraction of sp³-hybridized carbons (Fsp3) is 0.235. The molecule has 0 bridgehead atoms. The fourth-order valence-electron chi connectivity index (χ4n) is 2.83. The Morgan fingerprint density at radius 2 is 2.05 bits per heavy atom. The molecule has 1 heterocycles. The maximum atomic E-state index is 13.5. The van der Waals surface area contributed by atoms with Gasteiger partial charge in [-0.2, -0.15) is 0 Å². The monoisotopic (exact) mass is 284 g/mol. The SMILES string of the molecule is Cc1cc(F)cc(C(=O)N2CC(N)Cc3ccccc32)c1. The predicted molar refractivity (Wildman–Crippen MR) is 80.9 cm³/mol. The van der Waals surface area contributed by atoms with E-state index in [4.69, 9.17) is 5.73 Å². The Hall–Kier alpha value is -2.20. The van der Waals surface area contributed by atoms with Gasteiger partial charge in [-0.25, -0.2) is 4.39 Å². The molecule has 1 atom stereocenters. The summed E-state index contributed by atoms with van der Waals surface area (Å²) in [6.45, 7) is 2.22. The van der Waals surface area contributed by atoms with Crippen LogP contribution in [0, 0.1) is 12.7 Å². The van der Waals surface area contributed by atoms with Gasteiger partial charge in [0.2, 0.25) is 0 Å². The summed E-state index contributed by atoms with van der Waals surface area (Å²) >= 11 is 0. The van der Waals surface area contributed by atoms with Crippen LogP contribution < -0.4 is 10.6 Å². The Labute approximate surface area is 123 Å². The topological polar surface area (TPSA) is 46.3 Å². The zero-order valence-electron chi connectivity index (χ0n) is 11.8. The molecule has 1 aliphatic heterocycles. The van der Waals surface area contributed by atoms with E-state index in [1.54, 1.807) is 17.9 Å². The average molecular weight is 284 g/mol. The molecular weight excluding hydrogens is 267 g/mol. The van der Waals surface area contributed by atoms with Gasteiger partial charge in [-0.15, -0.1) is 0 Å². The summed E-state index contributed by atoms with van der Waals surface area (Å²) in [6.07, 6.45) is 0.752. The predicted octanol–water partition coefficient (Wildman–Crippen LogP) is 2.66. The molecule has 1 aliphatic rings. The van der Waals surface area contributed by atoms with E-state index in [0.29, 0.717) is 12.1 Å². The van der Waals surface area contributed by atoms with Crippen LogP contribution >= 0.6 is 0 Å². The highest BCUT2D eigenvalue weighted by molar-refractivity contribution is 6.07.